The van der Waals surface area contributed by atoms with Crippen LogP contribution in [0.4, 0.5) is 0 Å². The van der Waals surface area contributed by atoms with Gasteiger partial charge in [0.25, 0.3) is 0 Å². The smallest absolute Gasteiger partial charge is 0.0208 e. The van der Waals surface area contributed by atoms with Gasteiger partial charge in [0.15, 0.2) is 0 Å². The van der Waals surface area contributed by atoms with Gasteiger partial charge in [0.05, 0.1) is 0 Å². The molecule has 17 heavy (non-hydrogen) atoms. The molecule has 0 aliphatic heterocycles. The van der Waals surface area contributed by atoms with E-state index >= 15 is 0 Å². The molecule has 2 atom stereocenters. The van der Waals surface area contributed by atoms with E-state index in [0.29, 0.717) is 5.41 Å². The Balaban J connectivity index is 4.16. The second-order valence-corrected chi connectivity index (χ2v) is 6.43. The van der Waals surface area contributed by atoms with Crippen molar-refractivity contribution in [1.82, 2.24) is 0 Å². The summed E-state index contributed by atoms with van der Waals surface area (Å²) in [6.07, 6.45) is 13.9. The highest BCUT2D eigenvalue weighted by Crippen LogP contribution is 2.42. The summed E-state index contributed by atoms with van der Waals surface area (Å²) >= 11 is 0. The third kappa shape index (κ3) is 6.23. The van der Waals surface area contributed by atoms with Crippen molar-refractivity contribution in [3.8, 4) is 0 Å². The standard InChI is InChI=1S/C16H35P/c1-5-9-11-12-13-15(17)16(7-3,8-4)14-10-6-2/h15H,5-14,17H2,1-4H3. The van der Waals surface area contributed by atoms with E-state index in [1.165, 1.54) is 64.2 Å². The highest BCUT2D eigenvalue weighted by Gasteiger charge is 2.31. The van der Waals surface area contributed by atoms with Gasteiger partial charge in [0, 0.05) is 0 Å². The zero-order valence-corrected chi connectivity index (χ0v) is 13.9. The molecule has 0 aromatic rings. The second-order valence-electron chi connectivity index (χ2n) is 5.63. The zero-order valence-electron chi connectivity index (χ0n) is 12.7. The molecule has 0 nitrogen and oxygen atoms in total. The molecule has 0 aromatic carbocycles. The van der Waals surface area contributed by atoms with Crippen molar-refractivity contribution >= 4 is 9.24 Å². The van der Waals surface area contributed by atoms with Gasteiger partial charge in [-0.3, -0.25) is 0 Å². The Morgan fingerprint density at radius 2 is 1.41 bits per heavy atom. The van der Waals surface area contributed by atoms with Crippen LogP contribution in [-0.4, -0.2) is 5.66 Å². The normalized spacial score (nSPS) is 13.9. The minimum Gasteiger partial charge on any atom is -0.134 e. The molecule has 0 aromatic heterocycles. The molecule has 0 bridgehead atoms. The van der Waals surface area contributed by atoms with Crippen molar-refractivity contribution in [2.75, 3.05) is 0 Å². The first-order valence-corrected chi connectivity index (χ1v) is 8.59. The van der Waals surface area contributed by atoms with E-state index in [4.69, 9.17) is 0 Å². The third-order valence-corrected chi connectivity index (χ3v) is 5.63. The molecule has 0 aliphatic carbocycles. The second kappa shape index (κ2) is 10.4. The van der Waals surface area contributed by atoms with Crippen LogP contribution in [0.3, 0.4) is 0 Å². The number of rotatable bonds is 11. The maximum atomic E-state index is 3.17. The summed E-state index contributed by atoms with van der Waals surface area (Å²) < 4.78 is 0. The average molecular weight is 258 g/mol. The Bertz CT molecular complexity index is 161. The lowest BCUT2D eigenvalue weighted by Crippen LogP contribution is -2.30. The SMILES string of the molecule is CCCCCCC(P)C(CC)(CC)CCCC. The third-order valence-electron chi connectivity index (χ3n) is 4.59. The molecule has 0 N–H and O–H groups in total. The van der Waals surface area contributed by atoms with Crippen molar-refractivity contribution in [1.29, 1.82) is 0 Å². The molecule has 0 saturated carbocycles. The quantitative estimate of drug-likeness (QED) is 0.306. The van der Waals surface area contributed by atoms with Crippen LogP contribution >= 0.6 is 9.24 Å². The van der Waals surface area contributed by atoms with Crippen LogP contribution in [0.2, 0.25) is 0 Å². The fraction of sp³-hybridized carbons (Fsp3) is 1.00. The van der Waals surface area contributed by atoms with E-state index in [9.17, 15) is 0 Å². The van der Waals surface area contributed by atoms with Gasteiger partial charge < -0.3 is 0 Å². The fourth-order valence-electron chi connectivity index (χ4n) is 2.94. The van der Waals surface area contributed by atoms with Gasteiger partial charge in [-0.05, 0) is 36.8 Å². The van der Waals surface area contributed by atoms with Crippen molar-refractivity contribution in [3.63, 3.8) is 0 Å². The number of hydrogen-bond donors (Lipinski definition) is 0. The Morgan fingerprint density at radius 1 is 0.824 bits per heavy atom. The molecule has 0 fully saturated rings. The maximum Gasteiger partial charge on any atom is -0.0208 e. The summed E-state index contributed by atoms with van der Waals surface area (Å²) in [5.74, 6) is 0. The van der Waals surface area contributed by atoms with Crippen molar-refractivity contribution < 1.29 is 0 Å². The number of unbranched alkanes of at least 4 members (excludes halogenated alkanes) is 4. The Hall–Kier alpha value is 0.430. The van der Waals surface area contributed by atoms with Gasteiger partial charge in [-0.1, -0.05) is 66.2 Å². The largest absolute Gasteiger partial charge is 0.134 e. The lowest BCUT2D eigenvalue weighted by Gasteiger charge is -2.38. The Morgan fingerprint density at radius 3 is 1.88 bits per heavy atom. The highest BCUT2D eigenvalue weighted by molar-refractivity contribution is 7.17. The van der Waals surface area contributed by atoms with Crippen LogP contribution in [0.5, 0.6) is 0 Å². The van der Waals surface area contributed by atoms with E-state index in [1.807, 2.05) is 0 Å². The monoisotopic (exact) mass is 258 g/mol. The van der Waals surface area contributed by atoms with Crippen LogP contribution in [-0.2, 0) is 0 Å². The fourth-order valence-corrected chi connectivity index (χ4v) is 3.81. The molecular weight excluding hydrogens is 223 g/mol. The summed E-state index contributed by atoms with van der Waals surface area (Å²) in [6.45, 7) is 9.39. The van der Waals surface area contributed by atoms with E-state index < -0.39 is 0 Å². The maximum absolute atomic E-state index is 3.17. The minimum atomic E-state index is 0.604. The predicted molar refractivity (Wildman–Crippen MR) is 84.8 cm³/mol. The van der Waals surface area contributed by atoms with Crippen molar-refractivity contribution in [3.05, 3.63) is 0 Å². The summed E-state index contributed by atoms with van der Waals surface area (Å²) in [7, 11) is 3.17. The Kier molecular flexibility index (Phi) is 10.6. The minimum absolute atomic E-state index is 0.604. The van der Waals surface area contributed by atoms with Crippen molar-refractivity contribution in [2.45, 2.75) is 97.6 Å². The van der Waals surface area contributed by atoms with E-state index in [2.05, 4.69) is 36.9 Å². The number of hydrogen-bond acceptors (Lipinski definition) is 0. The first kappa shape index (κ1) is 17.4. The Labute approximate surface area is 113 Å². The van der Waals surface area contributed by atoms with E-state index in [-0.39, 0.29) is 0 Å². The lowest BCUT2D eigenvalue weighted by atomic mass is 9.73. The predicted octanol–water partition coefficient (Wildman–Crippen LogP) is 6.20. The van der Waals surface area contributed by atoms with Crippen LogP contribution in [0, 0.1) is 5.41 Å². The summed E-state index contributed by atoms with van der Waals surface area (Å²) in [5, 5.41) is 0. The summed E-state index contributed by atoms with van der Waals surface area (Å²) in [4.78, 5) is 0. The van der Waals surface area contributed by atoms with Gasteiger partial charge in [-0.2, -0.15) is 0 Å². The average Bonchev–Trinajstić information content (AvgIpc) is 2.36. The summed E-state index contributed by atoms with van der Waals surface area (Å²) in [6, 6.07) is 0. The van der Waals surface area contributed by atoms with Crippen LogP contribution < -0.4 is 0 Å². The van der Waals surface area contributed by atoms with Crippen molar-refractivity contribution in [2.24, 2.45) is 5.41 Å². The highest BCUT2D eigenvalue weighted by atomic mass is 31.0. The molecule has 0 heterocycles. The van der Waals surface area contributed by atoms with Gasteiger partial charge in [-0.15, -0.1) is 9.24 Å². The molecule has 1 heteroatoms. The first-order valence-electron chi connectivity index (χ1n) is 7.92. The molecule has 0 amide bonds. The molecule has 0 radical (unpaired) electrons. The molecule has 0 aliphatic rings. The van der Waals surface area contributed by atoms with Gasteiger partial charge in [-0.25, -0.2) is 0 Å². The lowest BCUT2D eigenvalue weighted by molar-refractivity contribution is 0.214. The topological polar surface area (TPSA) is 0 Å². The van der Waals surface area contributed by atoms with Crippen LogP contribution in [0.1, 0.15) is 91.9 Å². The molecule has 2 unspecified atom stereocenters. The summed E-state index contributed by atoms with van der Waals surface area (Å²) in [5.41, 5.74) is 1.44. The molecular formula is C16H35P. The first-order chi connectivity index (χ1) is 8.16. The van der Waals surface area contributed by atoms with E-state index in [1.54, 1.807) is 0 Å². The molecule has 104 valence electrons. The molecule has 0 rings (SSSR count). The van der Waals surface area contributed by atoms with Gasteiger partial charge in [0.2, 0.25) is 0 Å². The van der Waals surface area contributed by atoms with Gasteiger partial charge in [0.1, 0.15) is 0 Å². The van der Waals surface area contributed by atoms with Crippen LogP contribution in [0.25, 0.3) is 0 Å². The molecule has 0 spiro atoms. The van der Waals surface area contributed by atoms with Gasteiger partial charge >= 0.3 is 0 Å². The molecule has 0 saturated heterocycles. The van der Waals surface area contributed by atoms with E-state index in [0.717, 1.165) is 5.66 Å². The zero-order chi connectivity index (χ0) is 13.1. The van der Waals surface area contributed by atoms with Crippen LogP contribution in [0.15, 0.2) is 0 Å².